The van der Waals surface area contributed by atoms with Crippen molar-refractivity contribution in [1.29, 1.82) is 0 Å². The predicted molar refractivity (Wildman–Crippen MR) is 104 cm³/mol. The van der Waals surface area contributed by atoms with Gasteiger partial charge in [-0.3, -0.25) is 9.71 Å². The molecule has 0 aliphatic heterocycles. The zero-order valence-electron chi connectivity index (χ0n) is 14.1. The van der Waals surface area contributed by atoms with Gasteiger partial charge in [0.25, 0.3) is 10.0 Å². The highest BCUT2D eigenvalue weighted by Crippen LogP contribution is 2.25. The fraction of sp³-hybridized carbons (Fsp3) is 0.0526. The summed E-state index contributed by atoms with van der Waals surface area (Å²) in [4.78, 5) is 16.0. The Balaban J connectivity index is 1.68. The van der Waals surface area contributed by atoms with Gasteiger partial charge in [0.1, 0.15) is 0 Å². The molecule has 2 aromatic carbocycles. The van der Waals surface area contributed by atoms with E-state index in [4.69, 9.17) is 5.11 Å². The molecule has 1 heterocycles. The third-order valence-corrected chi connectivity index (χ3v) is 6.09. The highest BCUT2D eigenvalue weighted by Gasteiger charge is 2.16. The summed E-state index contributed by atoms with van der Waals surface area (Å²) in [6, 6.07) is 16.1. The van der Waals surface area contributed by atoms with Crippen LogP contribution in [-0.2, 0) is 15.8 Å². The SMILES string of the molecule is O=C(O)c1cccc(S(=O)(=O)Nc2ccc(SCc3cccnc3)cc2)c1. The Morgan fingerprint density at radius 1 is 1.07 bits per heavy atom. The Morgan fingerprint density at radius 3 is 2.52 bits per heavy atom. The van der Waals surface area contributed by atoms with Crippen LogP contribution in [-0.4, -0.2) is 24.5 Å². The maximum atomic E-state index is 12.5. The number of hydrogen-bond acceptors (Lipinski definition) is 5. The van der Waals surface area contributed by atoms with E-state index < -0.39 is 16.0 Å². The van der Waals surface area contributed by atoms with Gasteiger partial charge in [-0.15, -0.1) is 11.8 Å². The van der Waals surface area contributed by atoms with Crippen molar-refractivity contribution >= 4 is 33.4 Å². The molecule has 0 fully saturated rings. The van der Waals surface area contributed by atoms with E-state index in [-0.39, 0.29) is 10.5 Å². The molecule has 0 unspecified atom stereocenters. The van der Waals surface area contributed by atoms with Gasteiger partial charge in [-0.05, 0) is 54.1 Å². The molecule has 8 heteroatoms. The third-order valence-electron chi connectivity index (χ3n) is 3.63. The first-order chi connectivity index (χ1) is 12.9. The van der Waals surface area contributed by atoms with Gasteiger partial charge in [-0.25, -0.2) is 13.2 Å². The van der Waals surface area contributed by atoms with Crippen LogP contribution >= 0.6 is 11.8 Å². The van der Waals surface area contributed by atoms with E-state index in [2.05, 4.69) is 9.71 Å². The molecule has 0 aliphatic rings. The summed E-state index contributed by atoms with van der Waals surface area (Å²) in [5.41, 5.74) is 1.42. The minimum absolute atomic E-state index is 0.0833. The number of sulfonamides is 1. The number of aromatic carboxylic acids is 1. The van der Waals surface area contributed by atoms with Crippen LogP contribution in [0.2, 0.25) is 0 Å². The fourth-order valence-corrected chi connectivity index (χ4v) is 4.22. The lowest BCUT2D eigenvalue weighted by atomic mass is 10.2. The summed E-state index contributed by atoms with van der Waals surface area (Å²) >= 11 is 1.62. The summed E-state index contributed by atoms with van der Waals surface area (Å²) in [5.74, 6) is -0.414. The van der Waals surface area contributed by atoms with Crippen LogP contribution in [0.15, 0.2) is 82.8 Å². The molecule has 0 bridgehead atoms. The monoisotopic (exact) mass is 400 g/mol. The number of thioether (sulfide) groups is 1. The maximum absolute atomic E-state index is 12.5. The second-order valence-corrected chi connectivity index (χ2v) is 8.34. The average molecular weight is 400 g/mol. The number of anilines is 1. The van der Waals surface area contributed by atoms with Gasteiger partial charge in [0.05, 0.1) is 10.5 Å². The standard InChI is InChI=1S/C19H16N2O4S2/c22-19(23)15-4-1-5-18(11-15)27(24,25)21-16-6-8-17(9-7-16)26-13-14-3-2-10-20-12-14/h1-12,21H,13H2,(H,22,23). The van der Waals surface area contributed by atoms with Crippen molar-refractivity contribution in [3.05, 3.63) is 84.2 Å². The highest BCUT2D eigenvalue weighted by molar-refractivity contribution is 7.98. The normalized spacial score (nSPS) is 11.1. The molecule has 1 aromatic heterocycles. The molecule has 0 saturated heterocycles. The second-order valence-electron chi connectivity index (χ2n) is 5.61. The van der Waals surface area contributed by atoms with Gasteiger partial charge in [-0.2, -0.15) is 0 Å². The Morgan fingerprint density at radius 2 is 1.85 bits per heavy atom. The Bertz CT molecular complexity index is 1040. The van der Waals surface area contributed by atoms with Crippen LogP contribution in [0.4, 0.5) is 5.69 Å². The zero-order chi connectivity index (χ0) is 19.3. The number of pyridine rings is 1. The van der Waals surface area contributed by atoms with Gasteiger partial charge in [0, 0.05) is 28.7 Å². The van der Waals surface area contributed by atoms with Crippen molar-refractivity contribution in [3.63, 3.8) is 0 Å². The molecule has 2 N–H and O–H groups in total. The van der Waals surface area contributed by atoms with Crippen molar-refractivity contribution in [3.8, 4) is 0 Å². The largest absolute Gasteiger partial charge is 0.478 e. The van der Waals surface area contributed by atoms with E-state index in [1.807, 2.05) is 24.3 Å². The summed E-state index contributed by atoms with van der Waals surface area (Å²) in [6.07, 6.45) is 3.53. The first kappa shape index (κ1) is 18.9. The molecule has 3 aromatic rings. The van der Waals surface area contributed by atoms with Gasteiger partial charge in [0.2, 0.25) is 0 Å². The van der Waals surface area contributed by atoms with E-state index in [0.717, 1.165) is 22.3 Å². The number of carbonyl (C=O) groups is 1. The summed E-state index contributed by atoms with van der Waals surface area (Å²) in [6.45, 7) is 0. The first-order valence-electron chi connectivity index (χ1n) is 7.92. The number of hydrogen-bond donors (Lipinski definition) is 2. The van der Waals surface area contributed by atoms with E-state index in [9.17, 15) is 13.2 Å². The fourth-order valence-electron chi connectivity index (χ4n) is 2.28. The van der Waals surface area contributed by atoms with Crippen LogP contribution in [0.3, 0.4) is 0 Å². The van der Waals surface area contributed by atoms with Crippen LogP contribution in [0.1, 0.15) is 15.9 Å². The summed E-state index contributed by atoms with van der Waals surface area (Å²) in [5, 5.41) is 9.01. The Hall–Kier alpha value is -2.84. The summed E-state index contributed by atoms with van der Waals surface area (Å²) in [7, 11) is -3.87. The van der Waals surface area contributed by atoms with E-state index in [0.29, 0.717) is 5.69 Å². The molecule has 3 rings (SSSR count). The maximum Gasteiger partial charge on any atom is 0.335 e. The topological polar surface area (TPSA) is 96.4 Å². The van der Waals surface area contributed by atoms with Crippen molar-refractivity contribution in [1.82, 2.24) is 4.98 Å². The second kappa shape index (κ2) is 8.24. The van der Waals surface area contributed by atoms with Crippen LogP contribution in [0.5, 0.6) is 0 Å². The molecule has 0 atom stereocenters. The van der Waals surface area contributed by atoms with E-state index >= 15 is 0 Å². The Kier molecular flexibility index (Phi) is 5.78. The predicted octanol–water partition coefficient (Wildman–Crippen LogP) is 3.87. The Labute approximate surface area is 161 Å². The molecule has 27 heavy (non-hydrogen) atoms. The van der Waals surface area contributed by atoms with Crippen LogP contribution < -0.4 is 4.72 Å². The number of benzene rings is 2. The van der Waals surface area contributed by atoms with Gasteiger partial charge < -0.3 is 5.11 Å². The van der Waals surface area contributed by atoms with Crippen LogP contribution in [0, 0.1) is 0 Å². The zero-order valence-corrected chi connectivity index (χ0v) is 15.7. The quantitative estimate of drug-likeness (QED) is 0.585. The van der Waals surface area contributed by atoms with Gasteiger partial charge in [0.15, 0.2) is 0 Å². The number of nitrogens with zero attached hydrogens (tertiary/aromatic N) is 1. The van der Waals surface area contributed by atoms with E-state index in [1.54, 1.807) is 36.3 Å². The van der Waals surface area contributed by atoms with Crippen molar-refractivity contribution in [2.24, 2.45) is 0 Å². The average Bonchev–Trinajstić information content (AvgIpc) is 2.68. The lowest BCUT2D eigenvalue weighted by Crippen LogP contribution is -2.13. The minimum atomic E-state index is -3.87. The summed E-state index contributed by atoms with van der Waals surface area (Å²) < 4.78 is 27.4. The third kappa shape index (κ3) is 5.08. The lowest BCUT2D eigenvalue weighted by molar-refractivity contribution is 0.0696. The number of nitrogens with one attached hydrogen (secondary N) is 1. The molecule has 6 nitrogen and oxygen atoms in total. The lowest BCUT2D eigenvalue weighted by Gasteiger charge is -2.09. The number of carboxylic acid groups (broad SMARTS) is 1. The highest BCUT2D eigenvalue weighted by atomic mass is 32.2. The number of aromatic nitrogens is 1. The number of carboxylic acids is 1. The molecular formula is C19H16N2O4S2. The smallest absolute Gasteiger partial charge is 0.335 e. The van der Waals surface area contributed by atoms with Crippen LogP contribution in [0.25, 0.3) is 0 Å². The molecule has 138 valence electrons. The van der Waals surface area contributed by atoms with Gasteiger partial charge >= 0.3 is 5.97 Å². The van der Waals surface area contributed by atoms with Gasteiger partial charge in [-0.1, -0.05) is 12.1 Å². The molecule has 0 aliphatic carbocycles. The molecule has 0 amide bonds. The van der Waals surface area contributed by atoms with E-state index in [1.165, 1.54) is 18.2 Å². The molecule has 0 saturated carbocycles. The molecule has 0 spiro atoms. The van der Waals surface area contributed by atoms with Crippen molar-refractivity contribution < 1.29 is 18.3 Å². The first-order valence-corrected chi connectivity index (χ1v) is 10.4. The van der Waals surface area contributed by atoms with Crippen molar-refractivity contribution in [2.45, 2.75) is 15.5 Å². The molecular weight excluding hydrogens is 384 g/mol. The number of rotatable bonds is 7. The minimum Gasteiger partial charge on any atom is -0.478 e. The van der Waals surface area contributed by atoms with Crippen molar-refractivity contribution in [2.75, 3.05) is 4.72 Å². The molecule has 0 radical (unpaired) electrons.